The van der Waals surface area contributed by atoms with Crippen LogP contribution in [0.15, 0.2) is 18.2 Å². The fourth-order valence-electron chi connectivity index (χ4n) is 2.91. The van der Waals surface area contributed by atoms with Crippen LogP contribution in [0.4, 0.5) is 4.39 Å². The number of aryl methyl sites for hydroxylation is 1. The molecule has 0 bridgehead atoms. The molecule has 1 unspecified atom stereocenters. The molecule has 1 aliphatic rings. The fraction of sp³-hybridized carbons (Fsp3) is 0.647. The van der Waals surface area contributed by atoms with E-state index >= 15 is 0 Å². The quantitative estimate of drug-likeness (QED) is 0.888. The Kier molecular flexibility index (Phi) is 5.55. The molecule has 3 heteroatoms. The number of piperidine rings is 1. The zero-order valence-electron chi connectivity index (χ0n) is 13.0. The summed E-state index contributed by atoms with van der Waals surface area (Å²) in [6, 6.07) is 5.84. The van der Waals surface area contributed by atoms with Gasteiger partial charge in [-0.3, -0.25) is 4.90 Å². The highest BCUT2D eigenvalue weighted by atomic mass is 19.1. The Labute approximate surface area is 122 Å². The second-order valence-corrected chi connectivity index (χ2v) is 6.33. The van der Waals surface area contributed by atoms with Crippen LogP contribution in [-0.4, -0.2) is 30.6 Å². The number of halogens is 1. The summed E-state index contributed by atoms with van der Waals surface area (Å²) in [6.07, 6.45) is 2.54. The minimum absolute atomic E-state index is 0.0805. The van der Waals surface area contributed by atoms with Gasteiger partial charge in [-0.05, 0) is 58.7 Å². The highest BCUT2D eigenvalue weighted by molar-refractivity contribution is 5.24. The summed E-state index contributed by atoms with van der Waals surface area (Å²) >= 11 is 0. The van der Waals surface area contributed by atoms with Gasteiger partial charge >= 0.3 is 0 Å². The molecule has 1 N–H and O–H groups in total. The summed E-state index contributed by atoms with van der Waals surface area (Å²) in [5.74, 6) is 0.613. The van der Waals surface area contributed by atoms with Crippen LogP contribution in [0.5, 0.6) is 0 Å². The molecule has 0 saturated carbocycles. The second kappa shape index (κ2) is 7.19. The van der Waals surface area contributed by atoms with Crippen molar-refractivity contribution in [3.63, 3.8) is 0 Å². The third kappa shape index (κ3) is 4.29. The molecule has 2 rings (SSSR count). The van der Waals surface area contributed by atoms with Crippen LogP contribution in [0.2, 0.25) is 0 Å². The molecular weight excluding hydrogens is 251 g/mol. The lowest BCUT2D eigenvalue weighted by molar-refractivity contribution is 0.162. The Morgan fingerprint density at radius 2 is 2.20 bits per heavy atom. The van der Waals surface area contributed by atoms with Gasteiger partial charge in [-0.1, -0.05) is 17.7 Å². The molecule has 1 atom stereocenters. The van der Waals surface area contributed by atoms with Crippen molar-refractivity contribution >= 4 is 0 Å². The van der Waals surface area contributed by atoms with Gasteiger partial charge in [0, 0.05) is 24.7 Å². The maximum absolute atomic E-state index is 13.9. The lowest BCUT2D eigenvalue weighted by atomic mass is 9.98. The molecule has 0 aromatic heterocycles. The smallest absolute Gasteiger partial charge is 0.127 e. The maximum Gasteiger partial charge on any atom is 0.127 e. The minimum Gasteiger partial charge on any atom is -0.316 e. The van der Waals surface area contributed by atoms with E-state index in [9.17, 15) is 4.39 Å². The molecule has 1 aliphatic heterocycles. The third-order valence-corrected chi connectivity index (χ3v) is 4.20. The van der Waals surface area contributed by atoms with Crippen LogP contribution in [0.3, 0.4) is 0 Å². The van der Waals surface area contributed by atoms with Crippen molar-refractivity contribution in [3.05, 3.63) is 35.1 Å². The van der Waals surface area contributed by atoms with Crippen LogP contribution in [0.25, 0.3) is 0 Å². The van der Waals surface area contributed by atoms with Crippen molar-refractivity contribution in [1.82, 2.24) is 10.2 Å². The lowest BCUT2D eigenvalue weighted by Crippen LogP contribution is -2.40. The van der Waals surface area contributed by atoms with E-state index in [0.717, 1.165) is 30.8 Å². The lowest BCUT2D eigenvalue weighted by Gasteiger charge is -2.33. The summed E-state index contributed by atoms with van der Waals surface area (Å²) in [6.45, 7) is 10.4. The molecule has 0 radical (unpaired) electrons. The van der Waals surface area contributed by atoms with Gasteiger partial charge in [0.1, 0.15) is 5.82 Å². The Balaban J connectivity index is 2.02. The number of hydrogen-bond acceptors (Lipinski definition) is 2. The highest BCUT2D eigenvalue weighted by Gasteiger charge is 2.20. The van der Waals surface area contributed by atoms with Gasteiger partial charge in [0.2, 0.25) is 0 Å². The standard InChI is InChI=1S/C17H27FN2/c1-13(2)20(11-15-5-4-8-19-10-15)12-16-9-14(3)6-7-17(16)18/h6-7,9,13,15,19H,4-5,8,10-12H2,1-3H3. The van der Waals surface area contributed by atoms with Crippen molar-refractivity contribution in [3.8, 4) is 0 Å². The average molecular weight is 278 g/mol. The van der Waals surface area contributed by atoms with Crippen LogP contribution in [0.1, 0.15) is 37.8 Å². The first kappa shape index (κ1) is 15.5. The summed E-state index contributed by atoms with van der Waals surface area (Å²) < 4.78 is 13.9. The van der Waals surface area contributed by atoms with Crippen molar-refractivity contribution in [2.24, 2.45) is 5.92 Å². The van der Waals surface area contributed by atoms with Crippen LogP contribution >= 0.6 is 0 Å². The Morgan fingerprint density at radius 1 is 1.40 bits per heavy atom. The van der Waals surface area contributed by atoms with E-state index in [-0.39, 0.29) is 5.82 Å². The third-order valence-electron chi connectivity index (χ3n) is 4.20. The average Bonchev–Trinajstić information content (AvgIpc) is 2.43. The van der Waals surface area contributed by atoms with Crippen molar-refractivity contribution < 1.29 is 4.39 Å². The first-order valence-electron chi connectivity index (χ1n) is 7.76. The molecule has 1 fully saturated rings. The molecule has 0 spiro atoms. The summed E-state index contributed by atoms with van der Waals surface area (Å²) in [5, 5.41) is 3.46. The minimum atomic E-state index is -0.0805. The van der Waals surface area contributed by atoms with Gasteiger partial charge in [0.05, 0.1) is 0 Å². The molecule has 112 valence electrons. The van der Waals surface area contributed by atoms with Gasteiger partial charge in [-0.2, -0.15) is 0 Å². The predicted molar refractivity (Wildman–Crippen MR) is 82.3 cm³/mol. The van der Waals surface area contributed by atoms with E-state index in [4.69, 9.17) is 0 Å². The Hall–Kier alpha value is -0.930. The SMILES string of the molecule is Cc1ccc(F)c(CN(CC2CCCNC2)C(C)C)c1. The van der Waals surface area contributed by atoms with E-state index in [2.05, 4.69) is 24.1 Å². The summed E-state index contributed by atoms with van der Waals surface area (Å²) in [4.78, 5) is 2.40. The number of hydrogen-bond donors (Lipinski definition) is 1. The number of rotatable bonds is 5. The zero-order chi connectivity index (χ0) is 14.5. The zero-order valence-corrected chi connectivity index (χ0v) is 13.0. The van der Waals surface area contributed by atoms with Gasteiger partial charge in [0.15, 0.2) is 0 Å². The van der Waals surface area contributed by atoms with E-state index < -0.39 is 0 Å². The summed E-state index contributed by atoms with van der Waals surface area (Å²) in [5.41, 5.74) is 1.95. The molecule has 1 aromatic rings. The Morgan fingerprint density at radius 3 is 2.85 bits per heavy atom. The van der Waals surface area contributed by atoms with E-state index in [1.807, 2.05) is 19.1 Å². The molecule has 20 heavy (non-hydrogen) atoms. The number of benzene rings is 1. The molecular formula is C17H27FN2. The summed E-state index contributed by atoms with van der Waals surface area (Å²) in [7, 11) is 0. The van der Waals surface area contributed by atoms with Gasteiger partial charge < -0.3 is 5.32 Å². The highest BCUT2D eigenvalue weighted by Crippen LogP contribution is 2.18. The van der Waals surface area contributed by atoms with Crippen LogP contribution < -0.4 is 5.32 Å². The predicted octanol–water partition coefficient (Wildman–Crippen LogP) is 3.34. The first-order chi connectivity index (χ1) is 9.56. The molecule has 2 nitrogen and oxygen atoms in total. The van der Waals surface area contributed by atoms with Crippen LogP contribution in [0, 0.1) is 18.7 Å². The van der Waals surface area contributed by atoms with Gasteiger partial charge in [-0.25, -0.2) is 4.39 Å². The molecule has 1 saturated heterocycles. The van der Waals surface area contributed by atoms with E-state index in [1.165, 1.54) is 12.8 Å². The normalized spacial score (nSPS) is 19.8. The topological polar surface area (TPSA) is 15.3 Å². The van der Waals surface area contributed by atoms with E-state index in [0.29, 0.717) is 18.5 Å². The largest absolute Gasteiger partial charge is 0.316 e. The Bertz CT molecular complexity index is 425. The van der Waals surface area contributed by atoms with Crippen molar-refractivity contribution in [2.45, 2.75) is 46.2 Å². The van der Waals surface area contributed by atoms with Gasteiger partial charge in [-0.15, -0.1) is 0 Å². The number of nitrogens with one attached hydrogen (secondary N) is 1. The second-order valence-electron chi connectivity index (χ2n) is 6.33. The maximum atomic E-state index is 13.9. The monoisotopic (exact) mass is 278 g/mol. The molecule has 0 aliphatic carbocycles. The van der Waals surface area contributed by atoms with E-state index in [1.54, 1.807) is 6.07 Å². The van der Waals surface area contributed by atoms with Crippen LogP contribution in [-0.2, 0) is 6.54 Å². The number of nitrogens with zero attached hydrogens (tertiary/aromatic N) is 1. The molecule has 1 heterocycles. The first-order valence-corrected chi connectivity index (χ1v) is 7.76. The van der Waals surface area contributed by atoms with Crippen molar-refractivity contribution in [1.29, 1.82) is 0 Å². The molecule has 1 aromatic carbocycles. The van der Waals surface area contributed by atoms with Crippen molar-refractivity contribution in [2.75, 3.05) is 19.6 Å². The fourth-order valence-corrected chi connectivity index (χ4v) is 2.91. The van der Waals surface area contributed by atoms with Gasteiger partial charge in [0.25, 0.3) is 0 Å². The molecule has 0 amide bonds.